The lowest BCUT2D eigenvalue weighted by Gasteiger charge is -2.07. The largest absolute Gasteiger partial charge is 0.496 e. The molecule has 2 nitrogen and oxygen atoms in total. The molecule has 15 heavy (non-hydrogen) atoms. The van der Waals surface area contributed by atoms with Gasteiger partial charge in [0.05, 0.1) is 7.11 Å². The molecule has 0 bridgehead atoms. The Kier molecular flexibility index (Phi) is 3.89. The SMILES string of the molecule is CC.COc1ccc(C)c2c1CCC2=O. The Morgan fingerprint density at radius 2 is 1.87 bits per heavy atom. The second-order valence-electron chi connectivity index (χ2n) is 3.36. The van der Waals surface area contributed by atoms with Crippen LogP contribution in [0.1, 0.15) is 41.8 Å². The minimum absolute atomic E-state index is 0.256. The number of carbonyl (C=O) groups excluding carboxylic acids is 1. The van der Waals surface area contributed by atoms with E-state index in [2.05, 4.69) is 0 Å². The number of hydrogen-bond donors (Lipinski definition) is 0. The first-order valence-electron chi connectivity index (χ1n) is 5.43. The van der Waals surface area contributed by atoms with Gasteiger partial charge in [-0.1, -0.05) is 19.9 Å². The van der Waals surface area contributed by atoms with Gasteiger partial charge in [-0.05, 0) is 25.0 Å². The highest BCUT2D eigenvalue weighted by atomic mass is 16.5. The molecular weight excluding hydrogens is 188 g/mol. The summed E-state index contributed by atoms with van der Waals surface area (Å²) in [5, 5.41) is 0. The summed E-state index contributed by atoms with van der Waals surface area (Å²) >= 11 is 0. The van der Waals surface area contributed by atoms with Gasteiger partial charge < -0.3 is 4.74 Å². The number of rotatable bonds is 1. The third-order valence-corrected chi connectivity index (χ3v) is 2.58. The van der Waals surface area contributed by atoms with Crippen LogP contribution in [-0.2, 0) is 6.42 Å². The molecule has 0 N–H and O–H groups in total. The third-order valence-electron chi connectivity index (χ3n) is 2.58. The van der Waals surface area contributed by atoms with Crippen LogP contribution in [0.25, 0.3) is 0 Å². The zero-order chi connectivity index (χ0) is 11.4. The van der Waals surface area contributed by atoms with Crippen molar-refractivity contribution in [2.24, 2.45) is 0 Å². The van der Waals surface area contributed by atoms with Crippen LogP contribution in [0.3, 0.4) is 0 Å². The fourth-order valence-corrected chi connectivity index (χ4v) is 1.94. The maximum atomic E-state index is 11.5. The Balaban J connectivity index is 0.000000531. The number of ether oxygens (including phenoxy) is 1. The average molecular weight is 206 g/mol. The summed E-state index contributed by atoms with van der Waals surface area (Å²) in [5.74, 6) is 1.11. The molecule has 0 heterocycles. The van der Waals surface area contributed by atoms with E-state index in [4.69, 9.17) is 4.74 Å². The van der Waals surface area contributed by atoms with Crippen molar-refractivity contribution in [1.29, 1.82) is 0 Å². The molecule has 82 valence electrons. The topological polar surface area (TPSA) is 26.3 Å². The number of hydrogen-bond acceptors (Lipinski definition) is 2. The number of ketones is 1. The molecule has 1 aromatic rings. The van der Waals surface area contributed by atoms with E-state index in [0.717, 1.165) is 28.9 Å². The lowest BCUT2D eigenvalue weighted by molar-refractivity contribution is 0.0994. The lowest BCUT2D eigenvalue weighted by atomic mass is 10.0. The van der Waals surface area contributed by atoms with Crippen LogP contribution in [0, 0.1) is 6.92 Å². The zero-order valence-corrected chi connectivity index (χ0v) is 9.89. The summed E-state index contributed by atoms with van der Waals surface area (Å²) in [5.41, 5.74) is 3.05. The van der Waals surface area contributed by atoms with Gasteiger partial charge in [0, 0.05) is 17.5 Å². The van der Waals surface area contributed by atoms with Gasteiger partial charge in [-0.2, -0.15) is 0 Å². The van der Waals surface area contributed by atoms with Gasteiger partial charge in [0.1, 0.15) is 5.75 Å². The van der Waals surface area contributed by atoms with Gasteiger partial charge >= 0.3 is 0 Å². The van der Waals surface area contributed by atoms with Crippen molar-refractivity contribution in [2.75, 3.05) is 7.11 Å². The highest BCUT2D eigenvalue weighted by Crippen LogP contribution is 2.32. The molecule has 1 aromatic carbocycles. The maximum Gasteiger partial charge on any atom is 0.163 e. The van der Waals surface area contributed by atoms with Gasteiger partial charge in [0.15, 0.2) is 5.78 Å². The molecule has 0 amide bonds. The number of aryl methyl sites for hydroxylation is 1. The normalized spacial score (nSPS) is 12.9. The van der Waals surface area contributed by atoms with E-state index < -0.39 is 0 Å². The van der Waals surface area contributed by atoms with Gasteiger partial charge in [-0.25, -0.2) is 0 Å². The molecule has 0 spiro atoms. The van der Waals surface area contributed by atoms with Crippen LogP contribution in [0.2, 0.25) is 0 Å². The van der Waals surface area contributed by atoms with Crippen molar-refractivity contribution in [3.63, 3.8) is 0 Å². The average Bonchev–Trinajstić information content (AvgIpc) is 2.66. The van der Waals surface area contributed by atoms with E-state index in [1.54, 1.807) is 7.11 Å². The Morgan fingerprint density at radius 3 is 2.47 bits per heavy atom. The van der Waals surface area contributed by atoms with E-state index >= 15 is 0 Å². The first kappa shape index (κ1) is 11.8. The molecule has 0 atom stereocenters. The molecule has 0 aliphatic heterocycles. The summed E-state index contributed by atoms with van der Waals surface area (Å²) in [6.07, 6.45) is 1.47. The van der Waals surface area contributed by atoms with Crippen LogP contribution in [0.15, 0.2) is 12.1 Å². The molecule has 0 saturated carbocycles. The number of Topliss-reactive ketones (excluding diaryl/α,β-unsaturated/α-hetero) is 1. The minimum atomic E-state index is 0.256. The monoisotopic (exact) mass is 206 g/mol. The fourth-order valence-electron chi connectivity index (χ4n) is 1.94. The van der Waals surface area contributed by atoms with E-state index in [1.807, 2.05) is 32.9 Å². The fraction of sp³-hybridized carbons (Fsp3) is 0.462. The van der Waals surface area contributed by atoms with Gasteiger partial charge in [0.25, 0.3) is 0 Å². The van der Waals surface area contributed by atoms with E-state index in [0.29, 0.717) is 6.42 Å². The number of benzene rings is 1. The van der Waals surface area contributed by atoms with Crippen molar-refractivity contribution >= 4 is 5.78 Å². The third kappa shape index (κ3) is 2.04. The standard InChI is InChI=1S/C11H12O2.C2H6/c1-7-3-6-10(13-2)8-4-5-9(12)11(7)8;1-2/h3,6H,4-5H2,1-2H3;1-2H3. The summed E-state index contributed by atoms with van der Waals surface area (Å²) in [6.45, 7) is 5.97. The second kappa shape index (κ2) is 4.96. The highest BCUT2D eigenvalue weighted by Gasteiger charge is 2.24. The summed E-state index contributed by atoms with van der Waals surface area (Å²) in [7, 11) is 1.65. The first-order chi connectivity index (χ1) is 7.24. The predicted octanol–water partition coefficient (Wildman–Crippen LogP) is 3.16. The summed E-state index contributed by atoms with van der Waals surface area (Å²) in [6, 6.07) is 3.88. The summed E-state index contributed by atoms with van der Waals surface area (Å²) < 4.78 is 5.21. The molecule has 1 aliphatic carbocycles. The van der Waals surface area contributed by atoms with Crippen molar-refractivity contribution < 1.29 is 9.53 Å². The molecule has 1 aliphatic rings. The quantitative estimate of drug-likeness (QED) is 0.705. The van der Waals surface area contributed by atoms with Crippen LogP contribution in [0.5, 0.6) is 5.75 Å². The molecule has 0 radical (unpaired) electrons. The van der Waals surface area contributed by atoms with Gasteiger partial charge in [-0.15, -0.1) is 0 Å². The minimum Gasteiger partial charge on any atom is -0.496 e. The predicted molar refractivity (Wildman–Crippen MR) is 61.7 cm³/mol. The molecule has 2 rings (SSSR count). The van der Waals surface area contributed by atoms with E-state index in [9.17, 15) is 4.79 Å². The smallest absolute Gasteiger partial charge is 0.163 e. The number of fused-ring (bicyclic) bond motifs is 1. The zero-order valence-electron chi connectivity index (χ0n) is 9.89. The molecule has 0 fully saturated rings. The molecular formula is C13H18O2. The second-order valence-corrected chi connectivity index (χ2v) is 3.36. The van der Waals surface area contributed by atoms with E-state index in [1.165, 1.54) is 0 Å². The van der Waals surface area contributed by atoms with Gasteiger partial charge in [0.2, 0.25) is 0 Å². The maximum absolute atomic E-state index is 11.5. The lowest BCUT2D eigenvalue weighted by Crippen LogP contribution is -1.97. The Labute approximate surface area is 91.3 Å². The van der Waals surface area contributed by atoms with Crippen LogP contribution in [-0.4, -0.2) is 12.9 Å². The Hall–Kier alpha value is -1.31. The van der Waals surface area contributed by atoms with Crippen molar-refractivity contribution in [3.05, 3.63) is 28.8 Å². The number of methoxy groups -OCH3 is 1. The summed E-state index contributed by atoms with van der Waals surface area (Å²) in [4.78, 5) is 11.5. The molecule has 0 aromatic heterocycles. The Morgan fingerprint density at radius 1 is 1.20 bits per heavy atom. The number of carbonyl (C=O) groups is 1. The molecule has 2 heteroatoms. The van der Waals surface area contributed by atoms with Gasteiger partial charge in [-0.3, -0.25) is 4.79 Å². The highest BCUT2D eigenvalue weighted by molar-refractivity contribution is 6.02. The van der Waals surface area contributed by atoms with Crippen LogP contribution < -0.4 is 4.74 Å². The van der Waals surface area contributed by atoms with Crippen molar-refractivity contribution in [1.82, 2.24) is 0 Å². The van der Waals surface area contributed by atoms with Crippen molar-refractivity contribution in [2.45, 2.75) is 33.6 Å². The van der Waals surface area contributed by atoms with Crippen LogP contribution in [0.4, 0.5) is 0 Å². The molecule has 0 saturated heterocycles. The Bertz CT molecular complexity index is 367. The first-order valence-corrected chi connectivity index (χ1v) is 5.43. The van der Waals surface area contributed by atoms with Crippen LogP contribution >= 0.6 is 0 Å². The van der Waals surface area contributed by atoms with E-state index in [-0.39, 0.29) is 5.78 Å². The van der Waals surface area contributed by atoms with Crippen molar-refractivity contribution in [3.8, 4) is 5.75 Å². The molecule has 0 unspecified atom stereocenters.